The predicted octanol–water partition coefficient (Wildman–Crippen LogP) is 4.30. The lowest BCUT2D eigenvalue weighted by atomic mass is 9.90. The molecule has 0 saturated heterocycles. The second-order valence-corrected chi connectivity index (χ2v) is 4.85. The maximum Gasteiger partial charge on any atom is 0.134 e. The number of hydrogen-bond acceptors (Lipinski definition) is 2. The Hall–Kier alpha value is -1.96. The summed E-state index contributed by atoms with van der Waals surface area (Å²) in [5, 5.41) is 2.46. The summed E-state index contributed by atoms with van der Waals surface area (Å²) in [5.74, 6) is 1.91. The van der Waals surface area contributed by atoms with Crippen molar-refractivity contribution in [2.75, 3.05) is 7.11 Å². The van der Waals surface area contributed by atoms with E-state index >= 15 is 0 Å². The number of hydrogen-bond donors (Lipinski definition) is 0. The van der Waals surface area contributed by atoms with Gasteiger partial charge in [-0.2, -0.15) is 0 Å². The van der Waals surface area contributed by atoms with Crippen LogP contribution in [0, 0.1) is 0 Å². The van der Waals surface area contributed by atoms with Crippen LogP contribution < -0.4 is 4.74 Å². The van der Waals surface area contributed by atoms with Crippen LogP contribution in [-0.4, -0.2) is 7.11 Å². The summed E-state index contributed by atoms with van der Waals surface area (Å²) in [6.07, 6.45) is 3.09. The normalized spacial score (nSPS) is 13.7. The molecule has 0 unspecified atom stereocenters. The molecule has 0 N–H and O–H groups in total. The monoisotopic (exact) mass is 254 g/mol. The summed E-state index contributed by atoms with van der Waals surface area (Å²) < 4.78 is 11.4. The minimum absolute atomic E-state index is 0.641. The van der Waals surface area contributed by atoms with Gasteiger partial charge in [0.2, 0.25) is 0 Å². The molecular weight excluding hydrogens is 236 g/mol. The molecule has 2 aromatic carbocycles. The highest BCUT2D eigenvalue weighted by atomic mass is 16.5. The van der Waals surface area contributed by atoms with Crippen LogP contribution in [0.15, 0.2) is 30.0 Å². The Morgan fingerprint density at radius 2 is 1.95 bits per heavy atom. The van der Waals surface area contributed by atoms with E-state index < -0.39 is 0 Å². The van der Waals surface area contributed by atoms with Gasteiger partial charge in [0.1, 0.15) is 12.4 Å². The summed E-state index contributed by atoms with van der Waals surface area (Å²) in [6, 6.07) is 8.44. The number of fused-ring (bicyclic) bond motifs is 2. The third kappa shape index (κ3) is 1.79. The van der Waals surface area contributed by atoms with Gasteiger partial charge in [0.15, 0.2) is 0 Å². The highest BCUT2D eigenvalue weighted by Crippen LogP contribution is 2.40. The molecule has 0 aliphatic carbocycles. The van der Waals surface area contributed by atoms with Crippen LogP contribution in [0.25, 0.3) is 16.8 Å². The lowest BCUT2D eigenvalue weighted by Crippen LogP contribution is -2.07. The van der Waals surface area contributed by atoms with Crippen LogP contribution in [0.5, 0.6) is 5.75 Å². The molecule has 0 saturated carbocycles. The van der Waals surface area contributed by atoms with E-state index in [1.807, 2.05) is 6.92 Å². The molecule has 1 aliphatic heterocycles. The van der Waals surface area contributed by atoms with Gasteiger partial charge in [0, 0.05) is 16.5 Å². The van der Waals surface area contributed by atoms with Crippen molar-refractivity contribution in [2.24, 2.45) is 0 Å². The molecule has 2 heteroatoms. The molecule has 0 aromatic heterocycles. The molecular formula is C17H18O2. The average molecular weight is 254 g/mol. The van der Waals surface area contributed by atoms with Gasteiger partial charge in [-0.25, -0.2) is 0 Å². The Labute approximate surface area is 113 Å². The maximum atomic E-state index is 5.70. The number of ether oxygens (including phenoxy) is 2. The smallest absolute Gasteiger partial charge is 0.134 e. The van der Waals surface area contributed by atoms with Crippen molar-refractivity contribution < 1.29 is 9.47 Å². The van der Waals surface area contributed by atoms with Crippen LogP contribution in [0.3, 0.4) is 0 Å². The van der Waals surface area contributed by atoms with E-state index in [-0.39, 0.29) is 0 Å². The SMILES string of the molecule is CCc1c2c(c(OC)c3ccccc13)C=C(C)OC2. The number of benzene rings is 2. The molecule has 0 bridgehead atoms. The predicted molar refractivity (Wildman–Crippen MR) is 78.3 cm³/mol. The van der Waals surface area contributed by atoms with E-state index in [1.54, 1.807) is 7.11 Å². The van der Waals surface area contributed by atoms with Crippen molar-refractivity contribution in [2.45, 2.75) is 26.9 Å². The summed E-state index contributed by atoms with van der Waals surface area (Å²) in [6.45, 7) is 4.82. The van der Waals surface area contributed by atoms with Gasteiger partial charge < -0.3 is 9.47 Å². The molecule has 2 aromatic rings. The third-order valence-corrected chi connectivity index (χ3v) is 3.78. The maximum absolute atomic E-state index is 5.70. The molecule has 0 fully saturated rings. The van der Waals surface area contributed by atoms with E-state index in [4.69, 9.17) is 9.47 Å². The third-order valence-electron chi connectivity index (χ3n) is 3.78. The highest BCUT2D eigenvalue weighted by molar-refractivity contribution is 5.96. The molecule has 0 spiro atoms. The fourth-order valence-electron chi connectivity index (χ4n) is 2.92. The van der Waals surface area contributed by atoms with Crippen LogP contribution in [0.4, 0.5) is 0 Å². The van der Waals surface area contributed by atoms with E-state index in [2.05, 4.69) is 37.3 Å². The average Bonchev–Trinajstić information content (AvgIpc) is 2.44. The van der Waals surface area contributed by atoms with Crippen molar-refractivity contribution in [3.05, 3.63) is 46.7 Å². The zero-order valence-electron chi connectivity index (χ0n) is 11.6. The Bertz CT molecular complexity index is 669. The number of aryl methyl sites for hydroxylation is 1. The Balaban J connectivity index is 2.46. The van der Waals surface area contributed by atoms with Crippen LogP contribution >= 0.6 is 0 Å². The second kappa shape index (κ2) is 4.61. The fraction of sp³-hybridized carbons (Fsp3) is 0.294. The zero-order chi connectivity index (χ0) is 13.4. The summed E-state index contributed by atoms with van der Waals surface area (Å²) in [5.41, 5.74) is 3.82. The van der Waals surface area contributed by atoms with E-state index in [9.17, 15) is 0 Å². The van der Waals surface area contributed by atoms with Crippen molar-refractivity contribution >= 4 is 16.8 Å². The van der Waals surface area contributed by atoms with Crippen molar-refractivity contribution in [1.29, 1.82) is 0 Å². The fourth-order valence-corrected chi connectivity index (χ4v) is 2.92. The minimum Gasteiger partial charge on any atom is -0.495 e. The molecule has 2 nitrogen and oxygen atoms in total. The minimum atomic E-state index is 0.641. The van der Waals surface area contributed by atoms with Gasteiger partial charge in [0.25, 0.3) is 0 Å². The zero-order valence-corrected chi connectivity index (χ0v) is 11.6. The van der Waals surface area contributed by atoms with Crippen molar-refractivity contribution in [3.8, 4) is 5.75 Å². The van der Waals surface area contributed by atoms with Gasteiger partial charge in [-0.15, -0.1) is 0 Å². The lowest BCUT2D eigenvalue weighted by Gasteiger charge is -2.23. The molecule has 0 radical (unpaired) electrons. The van der Waals surface area contributed by atoms with Crippen LogP contribution in [0.2, 0.25) is 0 Å². The van der Waals surface area contributed by atoms with E-state index in [1.165, 1.54) is 27.5 Å². The first-order valence-corrected chi connectivity index (χ1v) is 6.67. The molecule has 98 valence electrons. The quantitative estimate of drug-likeness (QED) is 0.795. The molecule has 1 aliphatic rings. The Morgan fingerprint density at radius 3 is 2.63 bits per heavy atom. The van der Waals surface area contributed by atoms with Gasteiger partial charge >= 0.3 is 0 Å². The molecule has 0 amide bonds. The van der Waals surface area contributed by atoms with Gasteiger partial charge in [0.05, 0.1) is 12.9 Å². The van der Waals surface area contributed by atoms with Crippen LogP contribution in [-0.2, 0) is 17.8 Å². The second-order valence-electron chi connectivity index (χ2n) is 4.85. The number of methoxy groups -OCH3 is 1. The van der Waals surface area contributed by atoms with Gasteiger partial charge in [-0.3, -0.25) is 0 Å². The summed E-state index contributed by atoms with van der Waals surface area (Å²) >= 11 is 0. The molecule has 19 heavy (non-hydrogen) atoms. The van der Waals surface area contributed by atoms with Gasteiger partial charge in [-0.05, 0) is 30.4 Å². The topological polar surface area (TPSA) is 18.5 Å². The number of rotatable bonds is 2. The van der Waals surface area contributed by atoms with Gasteiger partial charge in [-0.1, -0.05) is 31.2 Å². The Kier molecular flexibility index (Phi) is 2.94. The number of allylic oxidation sites excluding steroid dienone is 1. The van der Waals surface area contributed by atoms with Crippen molar-refractivity contribution in [3.63, 3.8) is 0 Å². The first-order chi connectivity index (χ1) is 9.26. The standard InChI is InChI=1S/C17H18O2/c1-4-12-13-7-5-6-8-14(13)17(18-3)15-9-11(2)19-10-16(12)15/h5-9H,4,10H2,1-3H3. The summed E-state index contributed by atoms with van der Waals surface area (Å²) in [4.78, 5) is 0. The highest BCUT2D eigenvalue weighted by Gasteiger charge is 2.20. The lowest BCUT2D eigenvalue weighted by molar-refractivity contribution is 0.198. The first kappa shape index (κ1) is 12.1. The van der Waals surface area contributed by atoms with E-state index in [0.717, 1.165) is 17.9 Å². The molecule has 3 rings (SSSR count). The van der Waals surface area contributed by atoms with E-state index in [0.29, 0.717) is 6.61 Å². The first-order valence-electron chi connectivity index (χ1n) is 6.67. The molecule has 1 heterocycles. The summed E-state index contributed by atoms with van der Waals surface area (Å²) in [7, 11) is 1.74. The van der Waals surface area contributed by atoms with Crippen molar-refractivity contribution in [1.82, 2.24) is 0 Å². The Morgan fingerprint density at radius 1 is 1.21 bits per heavy atom. The molecule has 0 atom stereocenters. The largest absolute Gasteiger partial charge is 0.495 e. The van der Waals surface area contributed by atoms with Crippen LogP contribution in [0.1, 0.15) is 30.5 Å².